The van der Waals surface area contributed by atoms with Gasteiger partial charge in [-0.15, -0.1) is 0 Å². The molecule has 0 unspecified atom stereocenters. The Morgan fingerprint density at radius 3 is 2.64 bits per heavy atom. The summed E-state index contributed by atoms with van der Waals surface area (Å²) in [4.78, 5) is 14.9. The molecule has 4 heteroatoms. The summed E-state index contributed by atoms with van der Waals surface area (Å²) in [5, 5.41) is 0. The maximum atomic E-state index is 10.9. The third-order valence-electron chi connectivity index (χ3n) is 1.14. The molecular formula is C7H5I2NO. The number of ketones is 1. The zero-order valence-electron chi connectivity index (χ0n) is 5.77. The summed E-state index contributed by atoms with van der Waals surface area (Å²) in [5.41, 5.74) is 0.561. The molecule has 1 rings (SSSR count). The van der Waals surface area contributed by atoms with Crippen LogP contribution in [0.2, 0.25) is 0 Å². The molecule has 1 aromatic heterocycles. The molecule has 0 amide bonds. The summed E-state index contributed by atoms with van der Waals surface area (Å²) < 4.78 is 1.97. The molecule has 0 aliphatic heterocycles. The van der Waals surface area contributed by atoms with Gasteiger partial charge in [-0.1, -0.05) is 0 Å². The van der Waals surface area contributed by atoms with E-state index in [0.29, 0.717) is 5.69 Å². The van der Waals surface area contributed by atoms with E-state index in [4.69, 9.17) is 0 Å². The minimum absolute atomic E-state index is 0.0193. The van der Waals surface area contributed by atoms with Crippen LogP contribution in [0.4, 0.5) is 0 Å². The van der Waals surface area contributed by atoms with Crippen LogP contribution in [0.5, 0.6) is 0 Å². The van der Waals surface area contributed by atoms with Crippen molar-refractivity contribution in [3.05, 3.63) is 25.1 Å². The summed E-state index contributed by atoms with van der Waals surface area (Å²) in [7, 11) is 0. The number of pyridine rings is 1. The molecule has 0 atom stereocenters. The third kappa shape index (κ3) is 2.36. The van der Waals surface area contributed by atoms with Gasteiger partial charge in [-0.05, 0) is 51.2 Å². The molecule has 0 radical (unpaired) electrons. The highest BCUT2D eigenvalue weighted by Gasteiger charge is 2.05. The molecule has 1 heterocycles. The first-order chi connectivity index (χ1) is 5.11. The van der Waals surface area contributed by atoms with Gasteiger partial charge < -0.3 is 0 Å². The van der Waals surface area contributed by atoms with E-state index in [9.17, 15) is 4.79 Å². The fraction of sp³-hybridized carbons (Fsp3) is 0.143. The fourth-order valence-electron chi connectivity index (χ4n) is 0.674. The Morgan fingerprint density at radius 2 is 2.18 bits per heavy atom. The summed E-state index contributed by atoms with van der Waals surface area (Å²) in [5.74, 6) is 0.0193. The zero-order chi connectivity index (χ0) is 8.43. The number of hydrogen-bond acceptors (Lipinski definition) is 2. The third-order valence-corrected chi connectivity index (χ3v) is 2.55. The summed E-state index contributed by atoms with van der Waals surface area (Å²) in [6.45, 7) is 1.53. The van der Waals surface area contributed by atoms with Gasteiger partial charge in [-0.25, -0.2) is 0 Å². The van der Waals surface area contributed by atoms with Crippen molar-refractivity contribution in [3.63, 3.8) is 0 Å². The van der Waals surface area contributed by atoms with Crippen LogP contribution < -0.4 is 0 Å². The van der Waals surface area contributed by atoms with Gasteiger partial charge >= 0.3 is 0 Å². The van der Waals surface area contributed by atoms with E-state index in [1.165, 1.54) is 6.92 Å². The van der Waals surface area contributed by atoms with Gasteiger partial charge in [0.1, 0.15) is 5.69 Å². The Hall–Kier alpha value is 0.280. The second kappa shape index (κ2) is 3.79. The second-order valence-electron chi connectivity index (χ2n) is 2.04. The van der Waals surface area contributed by atoms with Crippen molar-refractivity contribution in [2.45, 2.75) is 6.92 Å². The van der Waals surface area contributed by atoms with E-state index in [0.717, 1.165) is 7.14 Å². The monoisotopic (exact) mass is 373 g/mol. The molecule has 0 aliphatic rings. The molecule has 0 N–H and O–H groups in total. The van der Waals surface area contributed by atoms with Crippen LogP contribution in [0.1, 0.15) is 17.4 Å². The van der Waals surface area contributed by atoms with E-state index in [2.05, 4.69) is 50.2 Å². The number of rotatable bonds is 1. The maximum absolute atomic E-state index is 10.9. The highest BCUT2D eigenvalue weighted by molar-refractivity contribution is 14.1. The molecule has 58 valence electrons. The van der Waals surface area contributed by atoms with Crippen LogP contribution in [0.25, 0.3) is 0 Å². The number of halogens is 2. The maximum Gasteiger partial charge on any atom is 0.179 e. The Bertz CT molecular complexity index is 298. The largest absolute Gasteiger partial charge is 0.293 e. The van der Waals surface area contributed by atoms with Crippen molar-refractivity contribution < 1.29 is 4.79 Å². The van der Waals surface area contributed by atoms with Crippen molar-refractivity contribution in [3.8, 4) is 0 Å². The van der Waals surface area contributed by atoms with Gasteiger partial charge in [0.15, 0.2) is 5.78 Å². The Balaban J connectivity index is 3.20. The quantitative estimate of drug-likeness (QED) is 0.560. The SMILES string of the molecule is CC(=O)c1ncc(I)cc1I. The Morgan fingerprint density at radius 1 is 1.55 bits per heavy atom. The molecule has 0 aromatic carbocycles. The Kier molecular flexibility index (Phi) is 3.23. The lowest BCUT2D eigenvalue weighted by Gasteiger charge is -1.97. The lowest BCUT2D eigenvalue weighted by atomic mass is 10.3. The normalized spacial score (nSPS) is 9.73. The minimum atomic E-state index is 0.0193. The number of carbonyl (C=O) groups is 1. The molecule has 0 spiro atoms. The number of hydrogen-bond donors (Lipinski definition) is 0. The smallest absolute Gasteiger partial charge is 0.179 e. The summed E-state index contributed by atoms with van der Waals surface area (Å²) >= 11 is 4.28. The van der Waals surface area contributed by atoms with Gasteiger partial charge in [0.25, 0.3) is 0 Å². The van der Waals surface area contributed by atoms with E-state index in [1.807, 2.05) is 6.07 Å². The minimum Gasteiger partial charge on any atom is -0.293 e. The van der Waals surface area contributed by atoms with Crippen molar-refractivity contribution >= 4 is 51.0 Å². The van der Waals surface area contributed by atoms with E-state index in [-0.39, 0.29) is 5.78 Å². The standard InChI is InChI=1S/C7H5I2NO/c1-4(11)7-6(9)2-5(8)3-10-7/h2-3H,1H3. The summed E-state index contributed by atoms with van der Waals surface area (Å²) in [6.07, 6.45) is 1.69. The van der Waals surface area contributed by atoms with Gasteiger partial charge in [0, 0.05) is 20.3 Å². The fourth-order valence-corrected chi connectivity index (χ4v) is 2.57. The van der Waals surface area contributed by atoms with E-state index >= 15 is 0 Å². The van der Waals surface area contributed by atoms with Crippen molar-refractivity contribution in [1.82, 2.24) is 4.98 Å². The van der Waals surface area contributed by atoms with Crippen LogP contribution in [-0.4, -0.2) is 10.8 Å². The number of nitrogens with zero attached hydrogens (tertiary/aromatic N) is 1. The average Bonchev–Trinajstić information content (AvgIpc) is 1.85. The molecule has 1 aromatic rings. The predicted molar refractivity (Wildman–Crippen MR) is 59.7 cm³/mol. The van der Waals surface area contributed by atoms with Crippen LogP contribution in [-0.2, 0) is 0 Å². The molecule has 0 saturated heterocycles. The topological polar surface area (TPSA) is 30.0 Å². The van der Waals surface area contributed by atoms with Crippen LogP contribution >= 0.6 is 45.2 Å². The molecule has 11 heavy (non-hydrogen) atoms. The molecule has 2 nitrogen and oxygen atoms in total. The number of Topliss-reactive ketones (excluding diaryl/α,β-unsaturated/α-hetero) is 1. The molecule has 0 aliphatic carbocycles. The Labute approximate surface area is 92.1 Å². The van der Waals surface area contributed by atoms with Crippen LogP contribution in [0.15, 0.2) is 12.3 Å². The second-order valence-corrected chi connectivity index (χ2v) is 4.45. The predicted octanol–water partition coefficient (Wildman–Crippen LogP) is 2.49. The first-order valence-corrected chi connectivity index (χ1v) is 5.09. The first kappa shape index (κ1) is 9.37. The number of carbonyl (C=O) groups excluding carboxylic acids is 1. The van der Waals surface area contributed by atoms with Gasteiger partial charge in [0.2, 0.25) is 0 Å². The lowest BCUT2D eigenvalue weighted by molar-refractivity contribution is 0.101. The van der Waals surface area contributed by atoms with Gasteiger partial charge in [0.05, 0.1) is 0 Å². The zero-order valence-corrected chi connectivity index (χ0v) is 10.1. The van der Waals surface area contributed by atoms with E-state index in [1.54, 1.807) is 6.20 Å². The van der Waals surface area contributed by atoms with E-state index < -0.39 is 0 Å². The molecule has 0 fully saturated rings. The molecule has 0 saturated carbocycles. The van der Waals surface area contributed by atoms with Crippen molar-refractivity contribution in [2.75, 3.05) is 0 Å². The van der Waals surface area contributed by atoms with Crippen LogP contribution in [0.3, 0.4) is 0 Å². The first-order valence-electron chi connectivity index (χ1n) is 2.93. The van der Waals surface area contributed by atoms with Gasteiger partial charge in [-0.3, -0.25) is 9.78 Å². The number of aromatic nitrogens is 1. The lowest BCUT2D eigenvalue weighted by Crippen LogP contribution is -1.99. The average molecular weight is 373 g/mol. The molecule has 0 bridgehead atoms. The highest BCUT2D eigenvalue weighted by atomic mass is 127. The van der Waals surface area contributed by atoms with Crippen molar-refractivity contribution in [1.29, 1.82) is 0 Å². The van der Waals surface area contributed by atoms with Gasteiger partial charge in [-0.2, -0.15) is 0 Å². The highest BCUT2D eigenvalue weighted by Crippen LogP contribution is 2.13. The molecular weight excluding hydrogens is 368 g/mol. The summed E-state index contributed by atoms with van der Waals surface area (Å²) in [6, 6.07) is 1.94. The van der Waals surface area contributed by atoms with Crippen LogP contribution in [0, 0.1) is 7.14 Å². The van der Waals surface area contributed by atoms with Crippen molar-refractivity contribution in [2.24, 2.45) is 0 Å².